The molecule has 172 valence electrons. The summed E-state index contributed by atoms with van der Waals surface area (Å²) in [7, 11) is 0. The molecule has 1 aliphatic carbocycles. The number of H-pyrrole nitrogens is 1. The molecule has 0 amide bonds. The number of fused-ring (bicyclic) bond motifs is 2. The van der Waals surface area contributed by atoms with Gasteiger partial charge in [0.1, 0.15) is 0 Å². The predicted octanol–water partition coefficient (Wildman–Crippen LogP) is 6.26. The lowest BCUT2D eigenvalue weighted by atomic mass is 9.88. The summed E-state index contributed by atoms with van der Waals surface area (Å²) in [5.41, 5.74) is 9.40. The van der Waals surface area contributed by atoms with Crippen LogP contribution in [0.25, 0.3) is 5.57 Å². The number of piperidine rings is 1. The Labute approximate surface area is 202 Å². The lowest BCUT2D eigenvalue weighted by Gasteiger charge is -2.30. The van der Waals surface area contributed by atoms with Gasteiger partial charge in [0.2, 0.25) is 0 Å². The fourth-order valence-electron chi connectivity index (χ4n) is 5.35. The highest BCUT2D eigenvalue weighted by atomic mass is 35.5. The van der Waals surface area contributed by atoms with Gasteiger partial charge in [-0.05, 0) is 86.4 Å². The van der Waals surface area contributed by atoms with Crippen molar-refractivity contribution in [3.63, 3.8) is 0 Å². The van der Waals surface area contributed by atoms with Crippen LogP contribution in [0.5, 0.6) is 0 Å². The van der Waals surface area contributed by atoms with Gasteiger partial charge >= 0.3 is 0 Å². The third-order valence-corrected chi connectivity index (χ3v) is 7.39. The van der Waals surface area contributed by atoms with Gasteiger partial charge in [-0.1, -0.05) is 42.1 Å². The molecule has 3 aromatic rings. The van der Waals surface area contributed by atoms with Crippen LogP contribution in [0.3, 0.4) is 0 Å². The second kappa shape index (κ2) is 10.7. The molecule has 33 heavy (non-hydrogen) atoms. The molecule has 4 nitrogen and oxygen atoms in total. The summed E-state index contributed by atoms with van der Waals surface area (Å²) in [6.45, 7) is 3.51. The van der Waals surface area contributed by atoms with E-state index >= 15 is 0 Å². The molecule has 1 saturated heterocycles. The number of aryl methyl sites for hydroxylation is 3. The summed E-state index contributed by atoms with van der Waals surface area (Å²) in [4.78, 5) is 14.9. The number of likely N-dealkylation sites (tertiary alicyclic amines) is 1. The van der Waals surface area contributed by atoms with Crippen molar-refractivity contribution < 1.29 is 0 Å². The maximum atomic E-state index is 6.36. The number of rotatable bonds is 7. The molecular formula is C28H33ClN4. The van der Waals surface area contributed by atoms with Crippen LogP contribution in [0.15, 0.2) is 54.6 Å². The van der Waals surface area contributed by atoms with Gasteiger partial charge in [0.05, 0.1) is 17.7 Å². The highest BCUT2D eigenvalue weighted by molar-refractivity contribution is 6.30. The van der Waals surface area contributed by atoms with E-state index in [-0.39, 0.29) is 0 Å². The number of aromatic amines is 1. The summed E-state index contributed by atoms with van der Waals surface area (Å²) in [5, 5.41) is 0.830. The SMILES string of the molecule is Clc1ccc2c(c1)CCc1cccnc1C2=C1CCN(CCCCCCc2c[nH]cn2)CC1. The number of pyridine rings is 1. The van der Waals surface area contributed by atoms with Crippen molar-refractivity contribution >= 4 is 17.2 Å². The molecular weight excluding hydrogens is 428 g/mol. The van der Waals surface area contributed by atoms with Crippen molar-refractivity contribution in [2.45, 2.75) is 57.8 Å². The number of benzene rings is 1. The van der Waals surface area contributed by atoms with E-state index in [0.717, 1.165) is 50.2 Å². The molecule has 0 radical (unpaired) electrons. The molecule has 1 aromatic carbocycles. The third kappa shape index (κ3) is 5.39. The molecule has 2 aromatic heterocycles. The Morgan fingerprint density at radius 3 is 2.61 bits per heavy atom. The molecule has 0 unspecified atom stereocenters. The summed E-state index contributed by atoms with van der Waals surface area (Å²) < 4.78 is 0. The molecule has 1 fully saturated rings. The van der Waals surface area contributed by atoms with Gasteiger partial charge in [0.25, 0.3) is 0 Å². The van der Waals surface area contributed by atoms with Gasteiger partial charge in [-0.25, -0.2) is 4.98 Å². The van der Waals surface area contributed by atoms with Crippen molar-refractivity contribution in [3.05, 3.63) is 87.7 Å². The summed E-state index contributed by atoms with van der Waals surface area (Å²) >= 11 is 6.36. The van der Waals surface area contributed by atoms with E-state index in [1.54, 1.807) is 11.9 Å². The van der Waals surface area contributed by atoms with Crippen LogP contribution in [0.2, 0.25) is 5.02 Å². The highest BCUT2D eigenvalue weighted by Gasteiger charge is 2.25. The van der Waals surface area contributed by atoms with Gasteiger partial charge < -0.3 is 9.88 Å². The van der Waals surface area contributed by atoms with Gasteiger partial charge in [0.15, 0.2) is 0 Å². The molecule has 0 bridgehead atoms. The first kappa shape index (κ1) is 22.4. The lowest BCUT2D eigenvalue weighted by Crippen LogP contribution is -2.32. The van der Waals surface area contributed by atoms with E-state index in [1.807, 2.05) is 18.5 Å². The van der Waals surface area contributed by atoms with Crippen LogP contribution in [-0.4, -0.2) is 39.5 Å². The Morgan fingerprint density at radius 2 is 1.76 bits per heavy atom. The van der Waals surface area contributed by atoms with Crippen LogP contribution < -0.4 is 0 Å². The molecule has 1 aliphatic heterocycles. The Balaban J connectivity index is 1.21. The van der Waals surface area contributed by atoms with Gasteiger partial charge in [-0.3, -0.25) is 4.98 Å². The molecule has 0 saturated carbocycles. The smallest absolute Gasteiger partial charge is 0.0923 e. The van der Waals surface area contributed by atoms with Crippen LogP contribution in [0.1, 0.15) is 66.6 Å². The van der Waals surface area contributed by atoms with Gasteiger partial charge in [-0.2, -0.15) is 0 Å². The number of hydrogen-bond donors (Lipinski definition) is 1. The second-order valence-electron chi connectivity index (χ2n) is 9.36. The zero-order valence-electron chi connectivity index (χ0n) is 19.3. The van der Waals surface area contributed by atoms with E-state index in [1.165, 1.54) is 65.9 Å². The van der Waals surface area contributed by atoms with Gasteiger partial charge in [0, 0.05) is 36.1 Å². The van der Waals surface area contributed by atoms with Crippen molar-refractivity contribution in [2.24, 2.45) is 0 Å². The number of halogens is 1. The van der Waals surface area contributed by atoms with Gasteiger partial charge in [-0.15, -0.1) is 0 Å². The number of unbranched alkanes of at least 4 members (excludes halogenated alkanes) is 3. The number of nitrogens with zero attached hydrogens (tertiary/aromatic N) is 3. The fourth-order valence-corrected chi connectivity index (χ4v) is 5.55. The minimum Gasteiger partial charge on any atom is -0.351 e. The Kier molecular flexibility index (Phi) is 7.23. The van der Waals surface area contributed by atoms with E-state index in [0.29, 0.717) is 0 Å². The summed E-state index contributed by atoms with van der Waals surface area (Å²) in [6.07, 6.45) is 16.2. The third-order valence-electron chi connectivity index (χ3n) is 7.15. The van der Waals surface area contributed by atoms with E-state index in [9.17, 15) is 0 Å². The normalized spacial score (nSPS) is 16.4. The van der Waals surface area contributed by atoms with E-state index < -0.39 is 0 Å². The van der Waals surface area contributed by atoms with E-state index in [2.05, 4.69) is 39.1 Å². The monoisotopic (exact) mass is 460 g/mol. The van der Waals surface area contributed by atoms with Crippen LogP contribution in [-0.2, 0) is 19.3 Å². The minimum absolute atomic E-state index is 0.830. The first-order valence-electron chi connectivity index (χ1n) is 12.4. The average Bonchev–Trinajstić information content (AvgIpc) is 3.30. The van der Waals surface area contributed by atoms with Crippen LogP contribution >= 0.6 is 11.6 Å². The standard InChI is InChI=1S/C28H33ClN4/c29-24-10-11-26-23(18-24)9-8-22-6-5-14-31-28(22)27(26)21-12-16-33(17-13-21)15-4-2-1-3-7-25-19-30-20-32-25/h5-6,10-11,14,18-20H,1-4,7-9,12-13,15-17H2,(H,30,32). The average molecular weight is 461 g/mol. The molecule has 0 atom stereocenters. The lowest BCUT2D eigenvalue weighted by molar-refractivity contribution is 0.251. The van der Waals surface area contributed by atoms with Crippen molar-refractivity contribution in [1.82, 2.24) is 19.9 Å². The quantitative estimate of drug-likeness (QED) is 0.423. The number of hydrogen-bond acceptors (Lipinski definition) is 3. The first-order valence-corrected chi connectivity index (χ1v) is 12.8. The predicted molar refractivity (Wildman–Crippen MR) is 136 cm³/mol. The molecule has 5 rings (SSSR count). The molecule has 1 N–H and O–H groups in total. The minimum atomic E-state index is 0.830. The topological polar surface area (TPSA) is 44.8 Å². The zero-order chi connectivity index (χ0) is 22.5. The van der Waals surface area contributed by atoms with Crippen LogP contribution in [0.4, 0.5) is 0 Å². The molecule has 5 heteroatoms. The molecule has 0 spiro atoms. The summed E-state index contributed by atoms with van der Waals surface area (Å²) in [5.74, 6) is 0. The summed E-state index contributed by atoms with van der Waals surface area (Å²) in [6, 6.07) is 10.7. The zero-order valence-corrected chi connectivity index (χ0v) is 20.1. The molecule has 3 heterocycles. The highest BCUT2D eigenvalue weighted by Crippen LogP contribution is 2.38. The maximum absolute atomic E-state index is 6.36. The molecule has 2 aliphatic rings. The number of aromatic nitrogens is 3. The number of nitrogens with one attached hydrogen (secondary N) is 1. The van der Waals surface area contributed by atoms with Crippen molar-refractivity contribution in [3.8, 4) is 0 Å². The fraction of sp³-hybridized carbons (Fsp3) is 0.429. The Hall–Kier alpha value is -2.43. The van der Waals surface area contributed by atoms with Crippen molar-refractivity contribution in [2.75, 3.05) is 19.6 Å². The van der Waals surface area contributed by atoms with Crippen molar-refractivity contribution in [1.29, 1.82) is 0 Å². The second-order valence-corrected chi connectivity index (χ2v) is 9.79. The number of imidazole rings is 1. The van der Waals surface area contributed by atoms with Crippen LogP contribution in [0, 0.1) is 0 Å². The Morgan fingerprint density at radius 1 is 0.909 bits per heavy atom. The largest absolute Gasteiger partial charge is 0.351 e. The Bertz CT molecular complexity index is 1090. The van der Waals surface area contributed by atoms with E-state index in [4.69, 9.17) is 16.6 Å². The maximum Gasteiger partial charge on any atom is 0.0923 e. The first-order chi connectivity index (χ1) is 16.3.